The van der Waals surface area contributed by atoms with Gasteiger partial charge in [-0.2, -0.15) is 0 Å². The van der Waals surface area contributed by atoms with Crippen molar-refractivity contribution < 1.29 is 4.42 Å². The van der Waals surface area contributed by atoms with Crippen LogP contribution in [-0.4, -0.2) is 24.0 Å². The Labute approximate surface area is 152 Å². The van der Waals surface area contributed by atoms with Crippen molar-refractivity contribution in [2.45, 2.75) is 33.2 Å². The minimum absolute atomic E-state index is 0. The summed E-state index contributed by atoms with van der Waals surface area (Å²) in [5.41, 5.74) is 1.11. The van der Waals surface area contributed by atoms with Crippen molar-refractivity contribution in [3.05, 3.63) is 40.2 Å². The molecule has 0 bridgehead atoms. The van der Waals surface area contributed by atoms with Crippen molar-refractivity contribution in [2.75, 3.05) is 13.1 Å². The van der Waals surface area contributed by atoms with Gasteiger partial charge < -0.3 is 15.1 Å². The highest BCUT2D eigenvalue weighted by Crippen LogP contribution is 2.10. The van der Waals surface area contributed by atoms with Crippen molar-refractivity contribution in [3.8, 4) is 0 Å². The van der Waals surface area contributed by atoms with Crippen molar-refractivity contribution in [2.24, 2.45) is 4.99 Å². The van der Waals surface area contributed by atoms with E-state index in [1.54, 1.807) is 17.6 Å². The molecule has 0 saturated heterocycles. The first-order valence-electron chi connectivity index (χ1n) is 7.23. The predicted octanol–water partition coefficient (Wildman–Crippen LogP) is 3.35. The van der Waals surface area contributed by atoms with E-state index in [-0.39, 0.29) is 24.0 Å². The summed E-state index contributed by atoms with van der Waals surface area (Å²) in [5, 5.41) is 9.86. The Morgan fingerprint density at radius 1 is 1.41 bits per heavy atom. The van der Waals surface area contributed by atoms with Crippen molar-refractivity contribution in [3.63, 3.8) is 0 Å². The predicted molar refractivity (Wildman–Crippen MR) is 102 cm³/mol. The van der Waals surface area contributed by atoms with Gasteiger partial charge in [-0.25, -0.2) is 9.98 Å². The van der Waals surface area contributed by atoms with E-state index in [1.807, 2.05) is 19.1 Å². The van der Waals surface area contributed by atoms with Gasteiger partial charge in [0.1, 0.15) is 12.3 Å². The Morgan fingerprint density at radius 2 is 2.27 bits per heavy atom. The number of guanidine groups is 1. The largest absolute Gasteiger partial charge is 0.467 e. The summed E-state index contributed by atoms with van der Waals surface area (Å²) in [4.78, 5) is 8.96. The molecule has 0 amide bonds. The number of aromatic nitrogens is 1. The zero-order valence-corrected chi connectivity index (χ0v) is 16.1. The first-order chi connectivity index (χ1) is 10.3. The highest BCUT2D eigenvalue weighted by atomic mass is 127. The Hall–Kier alpha value is -1.09. The molecule has 0 fully saturated rings. The number of hydrogen-bond donors (Lipinski definition) is 2. The van der Waals surface area contributed by atoms with Crippen LogP contribution < -0.4 is 10.6 Å². The molecule has 2 N–H and O–H groups in total. The average molecular weight is 434 g/mol. The molecule has 5 nitrogen and oxygen atoms in total. The summed E-state index contributed by atoms with van der Waals surface area (Å²) in [7, 11) is 0. The lowest BCUT2D eigenvalue weighted by Gasteiger charge is -2.10. The molecule has 2 aromatic rings. The molecule has 0 saturated carbocycles. The molecule has 0 aliphatic rings. The van der Waals surface area contributed by atoms with Crippen LogP contribution in [0.5, 0.6) is 0 Å². The van der Waals surface area contributed by atoms with Crippen molar-refractivity contribution >= 4 is 41.3 Å². The third kappa shape index (κ3) is 6.78. The van der Waals surface area contributed by atoms with E-state index in [1.165, 1.54) is 5.01 Å². The highest BCUT2D eigenvalue weighted by Gasteiger charge is 2.01. The van der Waals surface area contributed by atoms with Crippen molar-refractivity contribution in [1.29, 1.82) is 0 Å². The Morgan fingerprint density at radius 3 is 2.91 bits per heavy atom. The van der Waals surface area contributed by atoms with E-state index in [0.717, 1.165) is 43.3 Å². The van der Waals surface area contributed by atoms with Gasteiger partial charge in [0, 0.05) is 30.6 Å². The van der Waals surface area contributed by atoms with Crippen LogP contribution in [0.2, 0.25) is 0 Å². The molecule has 0 aliphatic heterocycles. The fourth-order valence-corrected chi connectivity index (χ4v) is 2.68. The molecular weight excluding hydrogens is 411 g/mol. The summed E-state index contributed by atoms with van der Waals surface area (Å²) in [6.07, 6.45) is 3.71. The van der Waals surface area contributed by atoms with Gasteiger partial charge in [-0.3, -0.25) is 0 Å². The summed E-state index contributed by atoms with van der Waals surface area (Å²) < 4.78 is 5.28. The smallest absolute Gasteiger partial charge is 0.191 e. The molecule has 0 radical (unpaired) electrons. The van der Waals surface area contributed by atoms with E-state index < -0.39 is 0 Å². The third-order valence-corrected chi connectivity index (χ3v) is 3.87. The monoisotopic (exact) mass is 434 g/mol. The second-order valence-electron chi connectivity index (χ2n) is 4.69. The molecule has 0 atom stereocenters. The molecule has 2 heterocycles. The molecule has 0 aromatic carbocycles. The van der Waals surface area contributed by atoms with Crippen LogP contribution in [-0.2, 0) is 13.0 Å². The Kier molecular flexibility index (Phi) is 9.14. The van der Waals surface area contributed by atoms with E-state index >= 15 is 0 Å². The van der Waals surface area contributed by atoms with E-state index in [2.05, 4.69) is 32.9 Å². The maximum absolute atomic E-state index is 5.28. The van der Waals surface area contributed by atoms with Crippen LogP contribution >= 0.6 is 35.3 Å². The number of aliphatic imine (C=N–C) groups is 1. The second kappa shape index (κ2) is 10.6. The van der Waals surface area contributed by atoms with Gasteiger partial charge in [-0.1, -0.05) is 0 Å². The molecule has 122 valence electrons. The second-order valence-corrected chi connectivity index (χ2v) is 5.63. The summed E-state index contributed by atoms with van der Waals surface area (Å²) in [5.74, 6) is 1.69. The molecule has 0 spiro atoms. The minimum Gasteiger partial charge on any atom is -0.467 e. The van der Waals surface area contributed by atoms with Crippen LogP contribution in [0.1, 0.15) is 29.8 Å². The van der Waals surface area contributed by atoms with Gasteiger partial charge in [0.2, 0.25) is 0 Å². The number of aryl methyl sites for hydroxylation is 2. The third-order valence-electron chi connectivity index (χ3n) is 2.84. The average Bonchev–Trinajstić information content (AvgIpc) is 3.12. The minimum atomic E-state index is 0. The van der Waals surface area contributed by atoms with E-state index in [9.17, 15) is 0 Å². The van der Waals surface area contributed by atoms with E-state index in [4.69, 9.17) is 4.42 Å². The van der Waals surface area contributed by atoms with Crippen LogP contribution in [0.3, 0.4) is 0 Å². The van der Waals surface area contributed by atoms with Gasteiger partial charge in [0.05, 0.1) is 11.3 Å². The van der Waals surface area contributed by atoms with Crippen LogP contribution in [0.25, 0.3) is 0 Å². The Balaban J connectivity index is 0.00000242. The van der Waals surface area contributed by atoms with Gasteiger partial charge in [0.25, 0.3) is 0 Å². The van der Waals surface area contributed by atoms with Gasteiger partial charge in [0.15, 0.2) is 5.96 Å². The quantitative estimate of drug-likeness (QED) is 0.304. The first-order valence-corrected chi connectivity index (χ1v) is 8.11. The number of rotatable bonds is 7. The maximum Gasteiger partial charge on any atom is 0.191 e. The lowest BCUT2D eigenvalue weighted by Crippen LogP contribution is -2.37. The highest BCUT2D eigenvalue weighted by molar-refractivity contribution is 14.0. The van der Waals surface area contributed by atoms with Gasteiger partial charge in [-0.15, -0.1) is 35.3 Å². The molecule has 0 unspecified atom stereocenters. The number of thiazole rings is 1. The van der Waals surface area contributed by atoms with Crippen molar-refractivity contribution in [1.82, 2.24) is 15.6 Å². The fraction of sp³-hybridized carbons (Fsp3) is 0.467. The van der Waals surface area contributed by atoms with Gasteiger partial charge >= 0.3 is 0 Å². The molecule has 2 aromatic heterocycles. The lowest BCUT2D eigenvalue weighted by molar-refractivity contribution is 0.512. The van der Waals surface area contributed by atoms with Crippen LogP contribution in [0.4, 0.5) is 0 Å². The molecule has 7 heteroatoms. The first kappa shape index (κ1) is 19.0. The molecule has 2 rings (SSSR count). The van der Waals surface area contributed by atoms with E-state index in [0.29, 0.717) is 6.54 Å². The summed E-state index contributed by atoms with van der Waals surface area (Å²) in [6, 6.07) is 3.80. The number of hydrogen-bond acceptors (Lipinski definition) is 4. The molecular formula is C15H23IN4OS. The fourth-order valence-electron chi connectivity index (χ4n) is 1.87. The summed E-state index contributed by atoms with van der Waals surface area (Å²) >= 11 is 1.73. The molecule has 0 aliphatic carbocycles. The number of nitrogens with one attached hydrogen (secondary N) is 2. The van der Waals surface area contributed by atoms with Crippen LogP contribution in [0.15, 0.2) is 33.2 Å². The standard InChI is InChI=1S/C15H22N4OS.HI/c1-3-16-15(18-10-13-6-5-9-20-13)17-8-4-7-14-19-12(2)11-21-14;/h5-6,9,11H,3-4,7-8,10H2,1-2H3,(H2,16,17,18);1H. The maximum atomic E-state index is 5.28. The molecule has 22 heavy (non-hydrogen) atoms. The Bertz CT molecular complexity index is 554. The number of furan rings is 1. The lowest BCUT2D eigenvalue weighted by atomic mass is 10.3. The number of halogens is 1. The zero-order chi connectivity index (χ0) is 14.9. The van der Waals surface area contributed by atoms with Gasteiger partial charge in [-0.05, 0) is 32.4 Å². The zero-order valence-electron chi connectivity index (χ0n) is 13.0. The summed E-state index contributed by atoms with van der Waals surface area (Å²) in [6.45, 7) is 6.36. The number of nitrogens with zero attached hydrogens (tertiary/aromatic N) is 2. The SMILES string of the molecule is CCNC(=NCc1ccco1)NCCCc1nc(C)cs1.I. The normalized spacial score (nSPS) is 11.1. The van der Waals surface area contributed by atoms with Crippen LogP contribution in [0, 0.1) is 6.92 Å². The topological polar surface area (TPSA) is 62.5 Å².